The first-order valence-corrected chi connectivity index (χ1v) is 6.27. The van der Waals surface area contributed by atoms with E-state index in [2.05, 4.69) is 41.2 Å². The molecule has 0 radical (unpaired) electrons. The van der Waals surface area contributed by atoms with E-state index in [-0.39, 0.29) is 5.41 Å². The second-order valence-corrected chi connectivity index (χ2v) is 5.06. The van der Waals surface area contributed by atoms with E-state index in [1.54, 1.807) is 0 Å². The van der Waals surface area contributed by atoms with Crippen LogP contribution in [0.25, 0.3) is 11.3 Å². The molecule has 0 amide bonds. The van der Waals surface area contributed by atoms with E-state index < -0.39 is 0 Å². The zero-order chi connectivity index (χ0) is 12.6. The molecule has 2 aromatic rings. The van der Waals surface area contributed by atoms with E-state index in [9.17, 15) is 5.26 Å². The van der Waals surface area contributed by atoms with Crippen LogP contribution < -0.4 is 0 Å². The van der Waals surface area contributed by atoms with Crippen LogP contribution in [-0.4, -0.2) is 9.97 Å². The monoisotopic (exact) mass is 237 g/mol. The fourth-order valence-corrected chi connectivity index (χ4v) is 2.46. The molecule has 1 aromatic carbocycles. The minimum absolute atomic E-state index is 0.359. The minimum Gasteiger partial charge on any atom is -0.341 e. The molecule has 0 aliphatic heterocycles. The van der Waals surface area contributed by atoms with Gasteiger partial charge >= 0.3 is 0 Å². The fourth-order valence-electron chi connectivity index (χ4n) is 2.46. The lowest BCUT2D eigenvalue weighted by atomic mass is 9.69. The van der Waals surface area contributed by atoms with Crippen LogP contribution in [0, 0.1) is 18.3 Å². The molecule has 1 aliphatic carbocycles. The molecule has 90 valence electrons. The molecule has 1 N–H and O–H groups in total. The van der Waals surface area contributed by atoms with Crippen LogP contribution in [0.15, 0.2) is 30.5 Å². The first-order chi connectivity index (χ1) is 8.73. The van der Waals surface area contributed by atoms with Gasteiger partial charge in [0.05, 0.1) is 18.0 Å². The number of aryl methyl sites for hydroxylation is 1. The van der Waals surface area contributed by atoms with Gasteiger partial charge < -0.3 is 4.98 Å². The molecule has 1 fully saturated rings. The molecule has 18 heavy (non-hydrogen) atoms. The van der Waals surface area contributed by atoms with E-state index in [0.717, 1.165) is 36.3 Å². The Balaban J connectivity index is 1.97. The van der Waals surface area contributed by atoms with Crippen molar-refractivity contribution in [2.75, 3.05) is 0 Å². The predicted octanol–water partition coefficient (Wildman–Crippen LogP) is 3.33. The Morgan fingerprint density at radius 3 is 2.83 bits per heavy atom. The van der Waals surface area contributed by atoms with E-state index in [1.807, 2.05) is 12.3 Å². The number of imidazole rings is 1. The van der Waals surface area contributed by atoms with Crippen molar-refractivity contribution in [3.63, 3.8) is 0 Å². The maximum absolute atomic E-state index is 9.30. The van der Waals surface area contributed by atoms with Crippen LogP contribution in [0.1, 0.15) is 30.7 Å². The summed E-state index contributed by atoms with van der Waals surface area (Å²) in [6, 6.07) is 10.7. The number of benzene rings is 1. The summed E-state index contributed by atoms with van der Waals surface area (Å²) in [7, 11) is 0. The Morgan fingerprint density at radius 1 is 1.39 bits per heavy atom. The molecule has 0 unspecified atom stereocenters. The second kappa shape index (κ2) is 3.99. The third-order valence-corrected chi connectivity index (χ3v) is 3.78. The normalized spacial score (nSPS) is 16.9. The van der Waals surface area contributed by atoms with Crippen molar-refractivity contribution < 1.29 is 0 Å². The quantitative estimate of drug-likeness (QED) is 0.871. The highest BCUT2D eigenvalue weighted by atomic mass is 14.9. The smallest absolute Gasteiger partial charge is 0.127 e. The summed E-state index contributed by atoms with van der Waals surface area (Å²) >= 11 is 0. The summed E-state index contributed by atoms with van der Waals surface area (Å²) in [5.74, 6) is 0.827. The van der Waals surface area contributed by atoms with Crippen molar-refractivity contribution >= 4 is 0 Å². The largest absolute Gasteiger partial charge is 0.341 e. The lowest BCUT2D eigenvalue weighted by molar-refractivity contribution is 0.309. The van der Waals surface area contributed by atoms with Crippen molar-refractivity contribution in [2.45, 2.75) is 31.6 Å². The highest BCUT2D eigenvalue weighted by molar-refractivity contribution is 5.59. The molecule has 1 aliphatic rings. The van der Waals surface area contributed by atoms with Gasteiger partial charge in [-0.3, -0.25) is 0 Å². The molecule has 0 saturated heterocycles. The van der Waals surface area contributed by atoms with Gasteiger partial charge in [-0.1, -0.05) is 23.8 Å². The molecule has 3 heteroatoms. The van der Waals surface area contributed by atoms with Crippen molar-refractivity contribution in [2.24, 2.45) is 0 Å². The van der Waals surface area contributed by atoms with Gasteiger partial charge in [-0.15, -0.1) is 0 Å². The SMILES string of the molecule is Cc1cccc(-c2cnc(C3(C#N)CCC3)[nH]2)c1. The van der Waals surface area contributed by atoms with Gasteiger partial charge in [-0.2, -0.15) is 5.26 Å². The first kappa shape index (κ1) is 11.0. The Hall–Kier alpha value is -2.08. The predicted molar refractivity (Wildman–Crippen MR) is 69.9 cm³/mol. The van der Waals surface area contributed by atoms with Gasteiger partial charge in [-0.05, 0) is 37.8 Å². The number of aromatic nitrogens is 2. The summed E-state index contributed by atoms with van der Waals surface area (Å²) in [5, 5.41) is 9.30. The molecule has 1 heterocycles. The van der Waals surface area contributed by atoms with Crippen molar-refractivity contribution in [1.29, 1.82) is 5.26 Å². The number of aromatic amines is 1. The van der Waals surface area contributed by atoms with Crippen LogP contribution in [0.5, 0.6) is 0 Å². The van der Waals surface area contributed by atoms with Gasteiger partial charge in [0.15, 0.2) is 0 Å². The van der Waals surface area contributed by atoms with E-state index in [0.29, 0.717) is 0 Å². The molecule has 0 atom stereocenters. The summed E-state index contributed by atoms with van der Waals surface area (Å²) in [6.07, 6.45) is 4.80. The summed E-state index contributed by atoms with van der Waals surface area (Å²) in [6.45, 7) is 2.07. The van der Waals surface area contributed by atoms with Crippen molar-refractivity contribution in [3.05, 3.63) is 41.9 Å². The molecule has 1 aromatic heterocycles. The topological polar surface area (TPSA) is 52.5 Å². The lowest BCUT2D eigenvalue weighted by Gasteiger charge is -2.32. The van der Waals surface area contributed by atoms with E-state index in [1.165, 1.54) is 5.56 Å². The van der Waals surface area contributed by atoms with Crippen molar-refractivity contribution in [1.82, 2.24) is 9.97 Å². The van der Waals surface area contributed by atoms with Crippen LogP contribution in [0.2, 0.25) is 0 Å². The maximum Gasteiger partial charge on any atom is 0.127 e. The lowest BCUT2D eigenvalue weighted by Crippen LogP contribution is -2.33. The summed E-state index contributed by atoms with van der Waals surface area (Å²) < 4.78 is 0. The number of hydrogen-bond acceptors (Lipinski definition) is 2. The maximum atomic E-state index is 9.30. The summed E-state index contributed by atoms with van der Waals surface area (Å²) in [5.41, 5.74) is 2.99. The Bertz CT molecular complexity index is 615. The first-order valence-electron chi connectivity index (χ1n) is 6.27. The molecular weight excluding hydrogens is 222 g/mol. The van der Waals surface area contributed by atoms with E-state index >= 15 is 0 Å². The van der Waals surface area contributed by atoms with Crippen LogP contribution >= 0.6 is 0 Å². The van der Waals surface area contributed by atoms with Gasteiger partial charge in [0, 0.05) is 0 Å². The standard InChI is InChI=1S/C15H15N3/c1-11-4-2-5-12(8-11)13-9-17-14(18-13)15(10-16)6-3-7-15/h2,4-5,8-9H,3,6-7H2,1H3,(H,17,18). The number of H-pyrrole nitrogens is 1. The zero-order valence-electron chi connectivity index (χ0n) is 10.4. The third-order valence-electron chi connectivity index (χ3n) is 3.78. The van der Waals surface area contributed by atoms with Gasteiger partial charge in [0.1, 0.15) is 11.2 Å². The highest BCUT2D eigenvalue weighted by Gasteiger charge is 2.41. The van der Waals surface area contributed by atoms with Crippen LogP contribution in [0.3, 0.4) is 0 Å². The summed E-state index contributed by atoms with van der Waals surface area (Å²) in [4.78, 5) is 7.73. The van der Waals surface area contributed by atoms with Gasteiger partial charge in [0.2, 0.25) is 0 Å². The highest BCUT2D eigenvalue weighted by Crippen LogP contribution is 2.42. The minimum atomic E-state index is -0.359. The molecule has 0 bridgehead atoms. The number of rotatable bonds is 2. The fraction of sp³-hybridized carbons (Fsp3) is 0.333. The average Bonchev–Trinajstić information content (AvgIpc) is 2.78. The zero-order valence-corrected chi connectivity index (χ0v) is 10.4. The number of nitriles is 1. The van der Waals surface area contributed by atoms with Crippen LogP contribution in [0.4, 0.5) is 0 Å². The molecule has 0 spiro atoms. The Labute approximate surface area is 106 Å². The van der Waals surface area contributed by atoms with Crippen LogP contribution in [-0.2, 0) is 5.41 Å². The number of nitrogens with zero attached hydrogens (tertiary/aromatic N) is 2. The second-order valence-electron chi connectivity index (χ2n) is 5.06. The third kappa shape index (κ3) is 1.62. The van der Waals surface area contributed by atoms with Gasteiger partial charge in [-0.25, -0.2) is 4.98 Å². The number of nitrogens with one attached hydrogen (secondary N) is 1. The Kier molecular flexibility index (Phi) is 2.45. The van der Waals surface area contributed by atoms with Crippen molar-refractivity contribution in [3.8, 4) is 17.3 Å². The Morgan fingerprint density at radius 2 is 2.22 bits per heavy atom. The van der Waals surface area contributed by atoms with Gasteiger partial charge in [0.25, 0.3) is 0 Å². The molecular formula is C15H15N3. The molecule has 3 rings (SSSR count). The van der Waals surface area contributed by atoms with E-state index in [4.69, 9.17) is 0 Å². The average molecular weight is 237 g/mol. The number of hydrogen-bond donors (Lipinski definition) is 1. The molecule has 1 saturated carbocycles. The molecule has 3 nitrogen and oxygen atoms in total.